The summed E-state index contributed by atoms with van der Waals surface area (Å²) >= 11 is 0. The fourth-order valence-corrected chi connectivity index (χ4v) is 1.96. The highest BCUT2D eigenvalue weighted by Gasteiger charge is 2.23. The molecule has 7 nitrogen and oxygen atoms in total. The Kier molecular flexibility index (Phi) is 4.75. The SMILES string of the molecule is COCCn1cc(NC(=O)N2CCOC[C@@H]2C)cn1. The van der Waals surface area contributed by atoms with E-state index in [0.717, 1.165) is 0 Å². The van der Waals surface area contributed by atoms with Crippen molar-refractivity contribution in [3.8, 4) is 0 Å². The van der Waals surface area contributed by atoms with Crippen LogP contribution in [0.5, 0.6) is 0 Å². The largest absolute Gasteiger partial charge is 0.383 e. The number of morpholine rings is 1. The molecular weight excluding hydrogens is 248 g/mol. The van der Waals surface area contributed by atoms with Gasteiger partial charge in [-0.3, -0.25) is 4.68 Å². The number of methoxy groups -OCH3 is 1. The van der Waals surface area contributed by atoms with Gasteiger partial charge in [-0.15, -0.1) is 0 Å². The molecule has 1 fully saturated rings. The van der Waals surface area contributed by atoms with Crippen LogP contribution in [0.1, 0.15) is 6.92 Å². The van der Waals surface area contributed by atoms with Crippen LogP contribution < -0.4 is 5.32 Å². The number of aromatic nitrogens is 2. The fourth-order valence-electron chi connectivity index (χ4n) is 1.96. The first-order valence-electron chi connectivity index (χ1n) is 6.37. The molecule has 1 aromatic heterocycles. The van der Waals surface area contributed by atoms with Crippen LogP contribution in [0.15, 0.2) is 12.4 Å². The average molecular weight is 268 g/mol. The quantitative estimate of drug-likeness (QED) is 0.876. The predicted molar refractivity (Wildman–Crippen MR) is 70.1 cm³/mol. The van der Waals surface area contributed by atoms with Crippen LogP contribution in [0.25, 0.3) is 0 Å². The third kappa shape index (κ3) is 3.68. The second-order valence-electron chi connectivity index (χ2n) is 4.53. The van der Waals surface area contributed by atoms with Gasteiger partial charge in [-0.25, -0.2) is 4.79 Å². The van der Waals surface area contributed by atoms with Crippen LogP contribution in [0, 0.1) is 0 Å². The Labute approximate surface area is 112 Å². The first-order chi connectivity index (χ1) is 9.20. The Morgan fingerprint density at radius 1 is 1.68 bits per heavy atom. The maximum atomic E-state index is 12.1. The summed E-state index contributed by atoms with van der Waals surface area (Å²) in [7, 11) is 1.64. The lowest BCUT2D eigenvalue weighted by Crippen LogP contribution is -2.48. The van der Waals surface area contributed by atoms with Gasteiger partial charge in [0.25, 0.3) is 0 Å². The molecule has 106 valence electrons. The van der Waals surface area contributed by atoms with Gasteiger partial charge in [0, 0.05) is 19.9 Å². The molecule has 0 saturated carbocycles. The highest BCUT2D eigenvalue weighted by Crippen LogP contribution is 2.11. The molecule has 7 heteroatoms. The van der Waals surface area contributed by atoms with Crippen molar-refractivity contribution in [3.63, 3.8) is 0 Å². The molecule has 2 amide bonds. The van der Waals surface area contributed by atoms with Gasteiger partial charge in [0.1, 0.15) is 0 Å². The van der Waals surface area contributed by atoms with E-state index in [4.69, 9.17) is 9.47 Å². The third-order valence-corrected chi connectivity index (χ3v) is 3.04. The normalized spacial score (nSPS) is 19.5. The number of nitrogens with one attached hydrogen (secondary N) is 1. The van der Waals surface area contributed by atoms with E-state index in [2.05, 4.69) is 10.4 Å². The van der Waals surface area contributed by atoms with Gasteiger partial charge in [0.2, 0.25) is 0 Å². The maximum absolute atomic E-state index is 12.1. The van der Waals surface area contributed by atoms with E-state index in [1.165, 1.54) is 0 Å². The minimum Gasteiger partial charge on any atom is -0.383 e. The summed E-state index contributed by atoms with van der Waals surface area (Å²) in [4.78, 5) is 13.9. The van der Waals surface area contributed by atoms with Crippen LogP contribution in [0.3, 0.4) is 0 Å². The Balaban J connectivity index is 1.89. The minimum atomic E-state index is -0.109. The molecule has 2 rings (SSSR count). The number of nitrogens with zero attached hydrogens (tertiary/aromatic N) is 3. The van der Waals surface area contributed by atoms with Crippen molar-refractivity contribution in [3.05, 3.63) is 12.4 Å². The lowest BCUT2D eigenvalue weighted by Gasteiger charge is -2.33. The number of anilines is 1. The first kappa shape index (κ1) is 13.8. The van der Waals surface area contributed by atoms with E-state index >= 15 is 0 Å². The van der Waals surface area contributed by atoms with Crippen molar-refractivity contribution < 1.29 is 14.3 Å². The lowest BCUT2D eigenvalue weighted by molar-refractivity contribution is 0.0222. The third-order valence-electron chi connectivity index (χ3n) is 3.04. The molecule has 0 radical (unpaired) electrons. The number of hydrogen-bond donors (Lipinski definition) is 1. The molecule has 0 unspecified atom stereocenters. The van der Waals surface area contributed by atoms with Crippen LogP contribution in [-0.4, -0.2) is 60.2 Å². The lowest BCUT2D eigenvalue weighted by atomic mass is 10.3. The van der Waals surface area contributed by atoms with Gasteiger partial charge in [-0.2, -0.15) is 5.10 Å². The summed E-state index contributed by atoms with van der Waals surface area (Å²) in [5.41, 5.74) is 0.694. The number of carbonyl (C=O) groups is 1. The van der Waals surface area contributed by atoms with E-state index in [-0.39, 0.29) is 12.1 Å². The summed E-state index contributed by atoms with van der Waals surface area (Å²) in [6.07, 6.45) is 3.43. The van der Waals surface area contributed by atoms with Gasteiger partial charge in [0.15, 0.2) is 0 Å². The summed E-state index contributed by atoms with van der Waals surface area (Å²) in [5, 5.41) is 7.00. The number of ether oxygens (including phenoxy) is 2. The predicted octanol–water partition coefficient (Wildman–Crippen LogP) is 0.782. The van der Waals surface area contributed by atoms with Crippen molar-refractivity contribution in [2.75, 3.05) is 38.8 Å². The molecule has 1 aliphatic rings. The van der Waals surface area contributed by atoms with E-state index < -0.39 is 0 Å². The van der Waals surface area contributed by atoms with Gasteiger partial charge < -0.3 is 19.7 Å². The smallest absolute Gasteiger partial charge is 0.322 e. The first-order valence-corrected chi connectivity index (χ1v) is 6.37. The Morgan fingerprint density at radius 2 is 2.53 bits per heavy atom. The molecule has 19 heavy (non-hydrogen) atoms. The van der Waals surface area contributed by atoms with Crippen molar-refractivity contribution >= 4 is 11.7 Å². The molecule has 0 aromatic carbocycles. The number of urea groups is 1. The monoisotopic (exact) mass is 268 g/mol. The minimum absolute atomic E-state index is 0.0947. The van der Waals surface area contributed by atoms with E-state index in [0.29, 0.717) is 38.6 Å². The summed E-state index contributed by atoms with van der Waals surface area (Å²) in [5.74, 6) is 0. The highest BCUT2D eigenvalue weighted by atomic mass is 16.5. The van der Waals surface area contributed by atoms with Gasteiger partial charge in [0.05, 0.1) is 44.3 Å². The standard InChI is InChI=1S/C12H20N4O3/c1-10-9-19-6-4-16(10)12(17)14-11-7-13-15(8-11)3-5-18-2/h7-8,10H,3-6,9H2,1-2H3,(H,14,17)/t10-/m0/s1. The Morgan fingerprint density at radius 3 is 3.26 bits per heavy atom. The van der Waals surface area contributed by atoms with Crippen LogP contribution >= 0.6 is 0 Å². The zero-order valence-electron chi connectivity index (χ0n) is 11.3. The maximum Gasteiger partial charge on any atom is 0.322 e. The van der Waals surface area contributed by atoms with Gasteiger partial charge in [-0.05, 0) is 6.92 Å². The van der Waals surface area contributed by atoms with Gasteiger partial charge in [-0.1, -0.05) is 0 Å². The molecule has 0 spiro atoms. The second-order valence-corrected chi connectivity index (χ2v) is 4.53. The molecule has 2 heterocycles. The molecule has 1 aliphatic heterocycles. The van der Waals surface area contributed by atoms with Crippen molar-refractivity contribution in [1.82, 2.24) is 14.7 Å². The summed E-state index contributed by atoms with van der Waals surface area (Å²) in [6, 6.07) is -0.0145. The highest BCUT2D eigenvalue weighted by molar-refractivity contribution is 5.89. The molecular formula is C12H20N4O3. The molecule has 1 N–H and O–H groups in total. The van der Waals surface area contributed by atoms with E-state index in [1.807, 2.05) is 6.92 Å². The Hall–Kier alpha value is -1.60. The van der Waals surface area contributed by atoms with Crippen molar-refractivity contribution in [2.45, 2.75) is 19.5 Å². The zero-order valence-corrected chi connectivity index (χ0v) is 11.3. The second kappa shape index (κ2) is 6.53. The fraction of sp³-hybridized carbons (Fsp3) is 0.667. The van der Waals surface area contributed by atoms with Crippen LogP contribution in [-0.2, 0) is 16.0 Å². The molecule has 1 aromatic rings. The number of rotatable bonds is 4. The molecule has 0 bridgehead atoms. The average Bonchev–Trinajstić information content (AvgIpc) is 2.84. The molecule has 0 aliphatic carbocycles. The van der Waals surface area contributed by atoms with Gasteiger partial charge >= 0.3 is 6.03 Å². The topological polar surface area (TPSA) is 68.6 Å². The molecule has 1 saturated heterocycles. The zero-order chi connectivity index (χ0) is 13.7. The van der Waals surface area contributed by atoms with Crippen LogP contribution in [0.2, 0.25) is 0 Å². The Bertz CT molecular complexity index is 421. The summed E-state index contributed by atoms with van der Waals surface area (Å²) < 4.78 is 12.0. The van der Waals surface area contributed by atoms with E-state index in [9.17, 15) is 4.79 Å². The molecule has 1 atom stereocenters. The number of hydrogen-bond acceptors (Lipinski definition) is 4. The number of amides is 2. The van der Waals surface area contributed by atoms with Crippen LogP contribution in [0.4, 0.5) is 10.5 Å². The van der Waals surface area contributed by atoms with E-state index in [1.54, 1.807) is 29.1 Å². The number of carbonyl (C=O) groups excluding carboxylic acids is 1. The van der Waals surface area contributed by atoms with Crippen molar-refractivity contribution in [2.24, 2.45) is 0 Å². The van der Waals surface area contributed by atoms with Crippen molar-refractivity contribution in [1.29, 1.82) is 0 Å². The summed E-state index contributed by atoms with van der Waals surface area (Å²) in [6.45, 7) is 5.02.